The lowest BCUT2D eigenvalue weighted by Gasteiger charge is -2.10. The maximum Gasteiger partial charge on any atom is 0.422 e. The van der Waals surface area contributed by atoms with Crippen molar-refractivity contribution in [2.24, 2.45) is 0 Å². The summed E-state index contributed by atoms with van der Waals surface area (Å²) in [7, 11) is -8.43. The Hall–Kier alpha value is -1.63. The van der Waals surface area contributed by atoms with Crippen molar-refractivity contribution in [3.05, 3.63) is 5.56 Å². The number of carbonyl (C=O) groups excluding carboxylic acids is 1. The summed E-state index contributed by atoms with van der Waals surface area (Å²) >= 11 is 0. The molecule has 0 radical (unpaired) electrons. The summed E-state index contributed by atoms with van der Waals surface area (Å²) in [6, 6.07) is 0. The van der Waals surface area contributed by atoms with Crippen LogP contribution in [0.3, 0.4) is 0 Å². The van der Waals surface area contributed by atoms with Crippen LogP contribution in [0.5, 0.6) is 5.88 Å². The van der Waals surface area contributed by atoms with E-state index >= 15 is 0 Å². The number of aromatic nitrogens is 2. The summed E-state index contributed by atoms with van der Waals surface area (Å²) in [5, 5.41) is 2.16. The summed E-state index contributed by atoms with van der Waals surface area (Å²) in [6.07, 6.45) is -3.79. The van der Waals surface area contributed by atoms with Crippen LogP contribution in [0.2, 0.25) is 0 Å². The molecule has 13 heteroatoms. The summed E-state index contributed by atoms with van der Waals surface area (Å²) in [6.45, 7) is -1.92. The van der Waals surface area contributed by atoms with Crippen molar-refractivity contribution in [3.63, 3.8) is 0 Å². The fourth-order valence-corrected chi connectivity index (χ4v) is 2.76. The number of ether oxygens (including phenoxy) is 1. The molecule has 0 spiro atoms. The molecule has 1 heterocycles. The zero-order valence-electron chi connectivity index (χ0n) is 10.6. The molecule has 1 aromatic heterocycles. The third kappa shape index (κ3) is 4.17. The van der Waals surface area contributed by atoms with Crippen molar-refractivity contribution in [3.8, 4) is 5.88 Å². The van der Waals surface area contributed by atoms with E-state index in [1.807, 2.05) is 0 Å². The van der Waals surface area contributed by atoms with Gasteiger partial charge in [-0.15, -0.1) is 9.19 Å². The summed E-state index contributed by atoms with van der Waals surface area (Å²) in [5.41, 5.74) is -0.896. The lowest BCUT2D eigenvalue weighted by Crippen LogP contribution is -2.22. The molecule has 0 unspecified atom stereocenters. The van der Waals surface area contributed by atoms with Crippen molar-refractivity contribution in [1.82, 2.24) is 9.19 Å². The maximum absolute atomic E-state index is 12.1. The number of hydrogen-bond acceptors (Lipinski definition) is 7. The van der Waals surface area contributed by atoms with Gasteiger partial charge in [-0.1, -0.05) is 0 Å². The van der Waals surface area contributed by atoms with E-state index in [9.17, 15) is 34.8 Å². The van der Waals surface area contributed by atoms with Crippen LogP contribution < -0.4 is 4.74 Å². The topological polar surface area (TPSA) is 112 Å². The van der Waals surface area contributed by atoms with Crippen LogP contribution in [0.25, 0.3) is 0 Å². The van der Waals surface area contributed by atoms with E-state index in [2.05, 4.69) is 9.84 Å². The molecule has 1 aromatic rings. The first-order valence-corrected chi connectivity index (χ1v) is 8.69. The third-order valence-electron chi connectivity index (χ3n) is 1.97. The molecule has 0 saturated carbocycles. The Labute approximate surface area is 117 Å². The van der Waals surface area contributed by atoms with Crippen LogP contribution in [0.1, 0.15) is 10.4 Å². The van der Waals surface area contributed by atoms with Gasteiger partial charge in [0.05, 0.1) is 6.26 Å². The highest BCUT2D eigenvalue weighted by Crippen LogP contribution is 2.27. The van der Waals surface area contributed by atoms with E-state index in [-0.39, 0.29) is 10.4 Å². The zero-order valence-corrected chi connectivity index (χ0v) is 12.2. The third-order valence-corrected chi connectivity index (χ3v) is 3.85. The van der Waals surface area contributed by atoms with Gasteiger partial charge in [-0.25, -0.2) is 16.8 Å². The SMILES string of the molecule is CS(=O)(=O)c1nn(S(C)(=O)=O)c(OCC(F)(F)F)c1C=O. The van der Waals surface area contributed by atoms with E-state index < -0.39 is 49.1 Å². The molecule has 0 amide bonds. The zero-order chi connectivity index (χ0) is 16.6. The average molecular weight is 350 g/mol. The van der Waals surface area contributed by atoms with Crippen LogP contribution in [0.4, 0.5) is 13.2 Å². The minimum atomic E-state index is -4.82. The second-order valence-electron chi connectivity index (χ2n) is 3.92. The summed E-state index contributed by atoms with van der Waals surface area (Å²) in [5.74, 6) is -1.11. The van der Waals surface area contributed by atoms with Gasteiger partial charge >= 0.3 is 6.18 Å². The highest BCUT2D eigenvalue weighted by Gasteiger charge is 2.34. The molecular formula is C8H9F3N2O6S2. The number of alkyl halides is 3. The molecule has 0 atom stereocenters. The first-order valence-electron chi connectivity index (χ1n) is 4.95. The smallest absolute Gasteiger partial charge is 0.422 e. The maximum atomic E-state index is 12.1. The molecule has 0 aromatic carbocycles. The minimum absolute atomic E-state index is 0.0706. The Morgan fingerprint density at radius 3 is 2.10 bits per heavy atom. The Morgan fingerprint density at radius 1 is 1.24 bits per heavy atom. The molecule has 0 bridgehead atoms. The summed E-state index contributed by atoms with van der Waals surface area (Å²) < 4.78 is 86.2. The molecule has 0 aliphatic rings. The normalized spacial score (nSPS) is 13.2. The standard InChI is InChI=1S/C8H9F3N2O6S2/c1-20(15,16)6-5(3-14)7(19-4-8(9,10)11)13(12-6)21(2,17)18/h3H,4H2,1-2H3. The van der Waals surface area contributed by atoms with Crippen LogP contribution in [0.15, 0.2) is 5.03 Å². The van der Waals surface area contributed by atoms with E-state index in [4.69, 9.17) is 0 Å². The highest BCUT2D eigenvalue weighted by molar-refractivity contribution is 7.91. The molecule has 0 aliphatic heterocycles. The lowest BCUT2D eigenvalue weighted by atomic mass is 10.4. The Balaban J connectivity index is 3.58. The van der Waals surface area contributed by atoms with Crippen LogP contribution in [-0.2, 0) is 19.9 Å². The second kappa shape index (κ2) is 5.29. The monoisotopic (exact) mass is 350 g/mol. The Bertz CT molecular complexity index is 763. The first-order chi connectivity index (χ1) is 9.27. The van der Waals surface area contributed by atoms with Gasteiger partial charge in [-0.05, 0) is 0 Å². The fourth-order valence-electron chi connectivity index (χ4n) is 1.26. The van der Waals surface area contributed by atoms with E-state index in [1.54, 1.807) is 0 Å². The van der Waals surface area contributed by atoms with Crippen molar-refractivity contribution in [2.75, 3.05) is 19.1 Å². The average Bonchev–Trinajstić information content (AvgIpc) is 2.62. The predicted molar refractivity (Wildman–Crippen MR) is 62.5 cm³/mol. The van der Waals surface area contributed by atoms with Crippen LogP contribution in [0, 0.1) is 0 Å². The van der Waals surface area contributed by atoms with Crippen LogP contribution in [-0.4, -0.2) is 57.6 Å². The van der Waals surface area contributed by atoms with Gasteiger partial charge in [-0.2, -0.15) is 13.2 Å². The van der Waals surface area contributed by atoms with E-state index in [1.165, 1.54) is 0 Å². The number of sulfone groups is 1. The molecule has 0 N–H and O–H groups in total. The van der Waals surface area contributed by atoms with Gasteiger partial charge in [-0.3, -0.25) is 4.79 Å². The number of hydrogen-bond donors (Lipinski definition) is 0. The Kier molecular flexibility index (Phi) is 4.39. The molecule has 120 valence electrons. The molecular weight excluding hydrogens is 341 g/mol. The van der Waals surface area contributed by atoms with Crippen molar-refractivity contribution >= 4 is 26.1 Å². The molecule has 0 aliphatic carbocycles. The van der Waals surface area contributed by atoms with Gasteiger partial charge < -0.3 is 4.74 Å². The molecule has 0 fully saturated rings. The second-order valence-corrected chi connectivity index (χ2v) is 7.67. The number of carbonyl (C=O) groups is 1. The lowest BCUT2D eigenvalue weighted by molar-refractivity contribution is -0.154. The molecule has 8 nitrogen and oxygen atoms in total. The van der Waals surface area contributed by atoms with Gasteiger partial charge in [0, 0.05) is 6.26 Å². The number of halogens is 3. The number of nitrogens with zero attached hydrogens (tertiary/aromatic N) is 2. The van der Waals surface area contributed by atoms with Gasteiger partial charge in [0.15, 0.2) is 27.8 Å². The van der Waals surface area contributed by atoms with Crippen molar-refractivity contribution in [2.45, 2.75) is 11.2 Å². The number of rotatable bonds is 5. The van der Waals surface area contributed by atoms with Gasteiger partial charge in [0.2, 0.25) is 5.88 Å². The first kappa shape index (κ1) is 17.4. The van der Waals surface area contributed by atoms with Crippen molar-refractivity contribution < 1.29 is 39.5 Å². The van der Waals surface area contributed by atoms with E-state index in [0.29, 0.717) is 12.5 Å². The highest BCUT2D eigenvalue weighted by atomic mass is 32.2. The van der Waals surface area contributed by atoms with Crippen molar-refractivity contribution in [1.29, 1.82) is 0 Å². The minimum Gasteiger partial charge on any atom is -0.467 e. The Morgan fingerprint density at radius 2 is 1.76 bits per heavy atom. The quantitative estimate of drug-likeness (QED) is 0.679. The van der Waals surface area contributed by atoms with Gasteiger partial charge in [0.1, 0.15) is 5.56 Å². The summed E-state index contributed by atoms with van der Waals surface area (Å²) in [4.78, 5) is 10.9. The van der Waals surface area contributed by atoms with Crippen LogP contribution >= 0.6 is 0 Å². The molecule has 21 heavy (non-hydrogen) atoms. The number of aldehydes is 1. The van der Waals surface area contributed by atoms with Gasteiger partial charge in [0.25, 0.3) is 10.0 Å². The molecule has 0 saturated heterocycles. The molecule has 1 rings (SSSR count). The fraction of sp³-hybridized carbons (Fsp3) is 0.500. The largest absolute Gasteiger partial charge is 0.467 e. The van der Waals surface area contributed by atoms with E-state index in [0.717, 1.165) is 0 Å². The predicted octanol–water partition coefficient (Wildman–Crippen LogP) is -0.152.